The van der Waals surface area contributed by atoms with Gasteiger partial charge in [0.25, 0.3) is 5.91 Å². The molecule has 1 aliphatic heterocycles. The maximum Gasteiger partial charge on any atom is 0.251 e. The molecule has 1 fully saturated rings. The smallest absolute Gasteiger partial charge is 0.251 e. The van der Waals surface area contributed by atoms with Gasteiger partial charge in [-0.2, -0.15) is 15.4 Å². The highest BCUT2D eigenvalue weighted by Gasteiger charge is 2.29. The van der Waals surface area contributed by atoms with Crippen molar-refractivity contribution in [2.45, 2.75) is 18.6 Å². The van der Waals surface area contributed by atoms with Gasteiger partial charge in [0, 0.05) is 18.2 Å². The summed E-state index contributed by atoms with van der Waals surface area (Å²) in [7, 11) is 0. The number of hydrogen-bond acceptors (Lipinski definition) is 5. The Hall–Kier alpha value is -3.00. The van der Waals surface area contributed by atoms with Crippen molar-refractivity contribution in [1.82, 2.24) is 20.7 Å². The van der Waals surface area contributed by atoms with Crippen LogP contribution in [0.4, 0.5) is 4.39 Å². The predicted octanol–water partition coefficient (Wildman–Crippen LogP) is 2.06. The van der Waals surface area contributed by atoms with E-state index < -0.39 is 6.10 Å². The number of amides is 1. The van der Waals surface area contributed by atoms with Crippen LogP contribution >= 0.6 is 0 Å². The second kappa shape index (κ2) is 7.09. The van der Waals surface area contributed by atoms with E-state index in [1.807, 2.05) is 0 Å². The molecule has 0 bridgehead atoms. The molecule has 7 nitrogen and oxygen atoms in total. The lowest BCUT2D eigenvalue weighted by molar-refractivity contribution is -0.0136. The molecule has 2 N–H and O–H groups in total. The predicted molar refractivity (Wildman–Crippen MR) is 91.4 cm³/mol. The quantitative estimate of drug-likeness (QED) is 0.747. The number of aromatic amines is 1. The van der Waals surface area contributed by atoms with Gasteiger partial charge in [0.05, 0.1) is 12.6 Å². The van der Waals surface area contributed by atoms with E-state index in [2.05, 4.69) is 20.7 Å². The van der Waals surface area contributed by atoms with Gasteiger partial charge in [-0.15, -0.1) is 0 Å². The Morgan fingerprint density at radius 1 is 1.23 bits per heavy atom. The van der Waals surface area contributed by atoms with E-state index in [4.69, 9.17) is 9.47 Å². The van der Waals surface area contributed by atoms with Crippen LogP contribution in [-0.4, -0.2) is 46.7 Å². The number of ether oxygens (including phenoxy) is 2. The molecular weight excluding hydrogens is 339 g/mol. The van der Waals surface area contributed by atoms with Crippen molar-refractivity contribution in [2.24, 2.45) is 0 Å². The van der Waals surface area contributed by atoms with E-state index >= 15 is 0 Å². The Morgan fingerprint density at radius 2 is 2.12 bits per heavy atom. The number of aromatic nitrogens is 3. The second-order valence-corrected chi connectivity index (χ2v) is 6.08. The van der Waals surface area contributed by atoms with E-state index in [0.29, 0.717) is 42.0 Å². The van der Waals surface area contributed by atoms with Crippen molar-refractivity contribution in [1.29, 1.82) is 0 Å². The largest absolute Gasteiger partial charge is 0.486 e. The first-order valence-corrected chi connectivity index (χ1v) is 8.30. The van der Waals surface area contributed by atoms with E-state index in [0.717, 1.165) is 0 Å². The zero-order valence-electron chi connectivity index (χ0n) is 13.8. The molecule has 0 spiro atoms. The molecule has 0 unspecified atom stereocenters. The first-order valence-electron chi connectivity index (χ1n) is 8.30. The summed E-state index contributed by atoms with van der Waals surface area (Å²) in [5.74, 6) is -0.195. The Morgan fingerprint density at radius 3 is 3.00 bits per heavy atom. The van der Waals surface area contributed by atoms with E-state index in [-0.39, 0.29) is 17.8 Å². The number of halogens is 1. The topological polar surface area (TPSA) is 89.1 Å². The average Bonchev–Trinajstić information content (AvgIpc) is 3.11. The fourth-order valence-electron chi connectivity index (χ4n) is 2.94. The first-order chi connectivity index (χ1) is 12.7. The third kappa shape index (κ3) is 3.50. The summed E-state index contributed by atoms with van der Waals surface area (Å²) < 4.78 is 24.6. The summed E-state index contributed by atoms with van der Waals surface area (Å²) >= 11 is 0. The van der Waals surface area contributed by atoms with Gasteiger partial charge in [-0.05, 0) is 36.8 Å². The van der Waals surface area contributed by atoms with E-state index in [1.165, 1.54) is 12.1 Å². The van der Waals surface area contributed by atoms with Crippen LogP contribution in [0.1, 0.15) is 16.8 Å². The van der Waals surface area contributed by atoms with Crippen molar-refractivity contribution in [3.8, 4) is 5.75 Å². The molecule has 1 amide bonds. The van der Waals surface area contributed by atoms with Crippen molar-refractivity contribution in [3.05, 3.63) is 53.8 Å². The SMILES string of the molecule is O=C(N[C@@H]1CCOC[C@H]1Oc1cccc(F)c1)c1ccc2n[nH]nc2c1. The molecule has 8 heteroatoms. The van der Waals surface area contributed by atoms with Crippen LogP contribution in [0.3, 0.4) is 0 Å². The van der Waals surface area contributed by atoms with Gasteiger partial charge >= 0.3 is 0 Å². The summed E-state index contributed by atoms with van der Waals surface area (Å²) in [6.45, 7) is 0.847. The standard InChI is InChI=1S/C18H17FN4O3/c19-12-2-1-3-13(9-12)26-17-10-25-7-6-15(17)20-18(24)11-4-5-14-16(8-11)22-23-21-14/h1-5,8-9,15,17H,6-7,10H2,(H,20,24)(H,21,22,23)/t15-,17-/m1/s1. The summed E-state index contributed by atoms with van der Waals surface area (Å²) in [4.78, 5) is 12.6. The van der Waals surface area contributed by atoms with Crippen LogP contribution in [0, 0.1) is 5.82 Å². The molecule has 134 valence electrons. The first kappa shape index (κ1) is 16.5. The lowest BCUT2D eigenvalue weighted by Crippen LogP contribution is -2.51. The zero-order chi connectivity index (χ0) is 17.9. The van der Waals surface area contributed by atoms with Crippen LogP contribution in [-0.2, 0) is 4.74 Å². The fourth-order valence-corrected chi connectivity index (χ4v) is 2.94. The van der Waals surface area contributed by atoms with Crippen molar-refractivity contribution in [2.75, 3.05) is 13.2 Å². The van der Waals surface area contributed by atoms with Crippen LogP contribution < -0.4 is 10.1 Å². The van der Waals surface area contributed by atoms with Crippen molar-refractivity contribution < 1.29 is 18.7 Å². The average molecular weight is 356 g/mol. The molecule has 1 aromatic heterocycles. The van der Waals surface area contributed by atoms with E-state index in [1.54, 1.807) is 30.3 Å². The zero-order valence-corrected chi connectivity index (χ0v) is 13.8. The Labute approximate surface area is 148 Å². The molecule has 0 saturated carbocycles. The third-order valence-corrected chi connectivity index (χ3v) is 4.28. The summed E-state index contributed by atoms with van der Waals surface area (Å²) in [6.07, 6.45) is 0.211. The molecule has 0 radical (unpaired) electrons. The number of hydrogen-bond donors (Lipinski definition) is 2. The molecule has 26 heavy (non-hydrogen) atoms. The number of H-pyrrole nitrogens is 1. The van der Waals surface area contributed by atoms with Crippen LogP contribution in [0.2, 0.25) is 0 Å². The Kier molecular flexibility index (Phi) is 4.49. The van der Waals surface area contributed by atoms with Gasteiger partial charge in [0.1, 0.15) is 28.7 Å². The minimum atomic E-state index is -0.398. The Bertz CT molecular complexity index is 929. The highest BCUT2D eigenvalue weighted by atomic mass is 19.1. The monoisotopic (exact) mass is 356 g/mol. The number of rotatable bonds is 4. The number of carbonyl (C=O) groups excluding carboxylic acids is 1. The molecule has 3 aromatic rings. The molecule has 0 aliphatic carbocycles. The molecule has 1 aliphatic rings. The van der Waals surface area contributed by atoms with Crippen molar-refractivity contribution >= 4 is 16.9 Å². The van der Waals surface area contributed by atoms with Gasteiger partial charge in [-0.3, -0.25) is 4.79 Å². The normalized spacial score (nSPS) is 20.0. The number of benzene rings is 2. The minimum absolute atomic E-state index is 0.227. The highest BCUT2D eigenvalue weighted by molar-refractivity contribution is 5.97. The summed E-state index contributed by atoms with van der Waals surface area (Å²) in [5.41, 5.74) is 1.81. The lowest BCUT2D eigenvalue weighted by Gasteiger charge is -2.32. The molecule has 4 rings (SSSR count). The Balaban J connectivity index is 1.48. The van der Waals surface area contributed by atoms with Gasteiger partial charge in [0.15, 0.2) is 0 Å². The second-order valence-electron chi connectivity index (χ2n) is 6.08. The minimum Gasteiger partial charge on any atom is -0.486 e. The summed E-state index contributed by atoms with van der Waals surface area (Å²) in [6, 6.07) is 10.8. The molecule has 1 saturated heterocycles. The van der Waals surface area contributed by atoms with Crippen LogP contribution in [0.5, 0.6) is 5.75 Å². The number of fused-ring (bicyclic) bond motifs is 1. The van der Waals surface area contributed by atoms with Gasteiger partial charge in [-0.1, -0.05) is 6.07 Å². The molecule has 2 heterocycles. The number of nitrogens with one attached hydrogen (secondary N) is 2. The van der Waals surface area contributed by atoms with Crippen molar-refractivity contribution in [3.63, 3.8) is 0 Å². The lowest BCUT2D eigenvalue weighted by atomic mass is 10.0. The molecule has 2 atom stereocenters. The van der Waals surface area contributed by atoms with Gasteiger partial charge in [0.2, 0.25) is 0 Å². The highest BCUT2D eigenvalue weighted by Crippen LogP contribution is 2.19. The maximum absolute atomic E-state index is 13.4. The number of nitrogens with zero attached hydrogens (tertiary/aromatic N) is 2. The van der Waals surface area contributed by atoms with E-state index in [9.17, 15) is 9.18 Å². The van der Waals surface area contributed by atoms with Gasteiger partial charge in [-0.25, -0.2) is 4.39 Å². The summed E-state index contributed by atoms with van der Waals surface area (Å²) in [5, 5.41) is 13.5. The van der Waals surface area contributed by atoms with Gasteiger partial charge < -0.3 is 14.8 Å². The van der Waals surface area contributed by atoms with Crippen LogP contribution in [0.15, 0.2) is 42.5 Å². The fraction of sp³-hybridized carbons (Fsp3) is 0.278. The van der Waals surface area contributed by atoms with Crippen LogP contribution in [0.25, 0.3) is 11.0 Å². The molecular formula is C18H17FN4O3. The maximum atomic E-state index is 13.4. The third-order valence-electron chi connectivity index (χ3n) is 4.28. The molecule has 2 aromatic carbocycles. The number of carbonyl (C=O) groups is 1.